The lowest BCUT2D eigenvalue weighted by atomic mass is 9.82. The van der Waals surface area contributed by atoms with Crippen molar-refractivity contribution in [3.63, 3.8) is 0 Å². The number of halogens is 2. The molecular weight excluding hydrogens is 366 g/mol. The predicted molar refractivity (Wildman–Crippen MR) is 85.5 cm³/mol. The maximum Gasteiger partial charge on any atom is 0.315 e. The van der Waals surface area contributed by atoms with Crippen LogP contribution in [0.2, 0.25) is 0 Å². The van der Waals surface area contributed by atoms with E-state index in [9.17, 15) is 25.6 Å². The molecule has 0 aliphatic carbocycles. The van der Waals surface area contributed by atoms with Gasteiger partial charge in [0.25, 0.3) is 16.0 Å². The van der Waals surface area contributed by atoms with Gasteiger partial charge in [-0.3, -0.25) is 4.55 Å². The van der Waals surface area contributed by atoms with Gasteiger partial charge in [-0.25, -0.2) is 8.78 Å². The van der Waals surface area contributed by atoms with E-state index in [1.54, 1.807) is 12.1 Å². The number of hydrogen-bond donors (Lipinski definition) is 1. The van der Waals surface area contributed by atoms with Crippen molar-refractivity contribution in [1.82, 2.24) is 0 Å². The maximum absolute atomic E-state index is 13.4. The highest BCUT2D eigenvalue weighted by Gasteiger charge is 2.41. The van der Waals surface area contributed by atoms with E-state index in [2.05, 4.69) is 4.18 Å². The van der Waals surface area contributed by atoms with Crippen molar-refractivity contribution in [3.05, 3.63) is 29.8 Å². The average Bonchev–Trinajstić information content (AvgIpc) is 2.34. The molecule has 10 heteroatoms. The van der Waals surface area contributed by atoms with Crippen LogP contribution in [0.15, 0.2) is 24.3 Å². The standard InChI is InChI=1S/C14H20F2O6S2/c1-4-13(2,3)11-5-7-12(8-6-11)22-24(20,21)10-14(15,16)9-23(17,18)19/h5-8H,4,9-10H2,1-3H3,(H,17,18,19). The summed E-state index contributed by atoms with van der Waals surface area (Å²) in [6.07, 6.45) is 0.841. The average molecular weight is 386 g/mol. The number of alkyl halides is 2. The number of rotatable bonds is 8. The molecule has 0 atom stereocenters. The third-order valence-corrected chi connectivity index (χ3v) is 5.53. The van der Waals surface area contributed by atoms with E-state index in [0.29, 0.717) is 0 Å². The Balaban J connectivity index is 2.88. The second kappa shape index (κ2) is 6.93. The van der Waals surface area contributed by atoms with E-state index in [0.717, 1.165) is 12.0 Å². The van der Waals surface area contributed by atoms with Crippen LogP contribution < -0.4 is 4.18 Å². The molecule has 0 saturated carbocycles. The van der Waals surface area contributed by atoms with Crippen LogP contribution >= 0.6 is 0 Å². The van der Waals surface area contributed by atoms with Gasteiger partial charge < -0.3 is 4.18 Å². The summed E-state index contributed by atoms with van der Waals surface area (Å²) in [5, 5.41) is 0. The Bertz CT molecular complexity index is 768. The van der Waals surface area contributed by atoms with Crippen LogP contribution in [-0.2, 0) is 25.7 Å². The third kappa shape index (κ3) is 6.70. The zero-order valence-corrected chi connectivity index (χ0v) is 15.1. The highest BCUT2D eigenvalue weighted by atomic mass is 32.2. The largest absolute Gasteiger partial charge is 0.382 e. The van der Waals surface area contributed by atoms with Gasteiger partial charge in [0.15, 0.2) is 5.75 Å². The highest BCUT2D eigenvalue weighted by Crippen LogP contribution is 2.29. The third-order valence-electron chi connectivity index (χ3n) is 3.52. The van der Waals surface area contributed by atoms with Gasteiger partial charge in [-0.2, -0.15) is 16.8 Å². The lowest BCUT2D eigenvalue weighted by Crippen LogP contribution is -2.36. The summed E-state index contributed by atoms with van der Waals surface area (Å²) in [5.74, 6) is -8.18. The monoisotopic (exact) mass is 386 g/mol. The SMILES string of the molecule is CCC(C)(C)c1ccc(OS(=O)(=O)CC(F)(F)CS(=O)(=O)O)cc1. The van der Waals surface area contributed by atoms with Gasteiger partial charge in [0.1, 0.15) is 11.5 Å². The molecule has 1 rings (SSSR count). The van der Waals surface area contributed by atoms with Gasteiger partial charge in [-0.15, -0.1) is 0 Å². The molecule has 0 fully saturated rings. The second-order valence-corrected chi connectivity index (χ2v) is 9.15. The Morgan fingerprint density at radius 1 is 1.04 bits per heavy atom. The molecule has 0 unspecified atom stereocenters. The Labute approximate surface area is 140 Å². The molecule has 0 bridgehead atoms. The minimum atomic E-state index is -5.02. The number of benzene rings is 1. The van der Waals surface area contributed by atoms with Crippen molar-refractivity contribution in [3.8, 4) is 5.75 Å². The summed E-state index contributed by atoms with van der Waals surface area (Å²) in [6, 6.07) is 5.94. The van der Waals surface area contributed by atoms with Gasteiger partial charge in [-0.1, -0.05) is 32.9 Å². The van der Waals surface area contributed by atoms with Gasteiger partial charge in [-0.05, 0) is 29.5 Å². The van der Waals surface area contributed by atoms with Crippen molar-refractivity contribution >= 4 is 20.2 Å². The van der Waals surface area contributed by atoms with E-state index in [4.69, 9.17) is 4.55 Å². The molecule has 0 aliphatic heterocycles. The summed E-state index contributed by atoms with van der Waals surface area (Å²) in [5.41, 5.74) is 0.784. The Morgan fingerprint density at radius 2 is 1.54 bits per heavy atom. The molecular formula is C14H20F2O6S2. The fourth-order valence-corrected chi connectivity index (χ4v) is 3.76. The molecule has 0 heterocycles. The summed E-state index contributed by atoms with van der Waals surface area (Å²) in [7, 11) is -9.77. The number of hydrogen-bond acceptors (Lipinski definition) is 5. The Hall–Kier alpha value is -1.26. The van der Waals surface area contributed by atoms with Crippen molar-refractivity contribution in [2.45, 2.75) is 38.5 Å². The van der Waals surface area contributed by atoms with Crippen LogP contribution in [0.25, 0.3) is 0 Å². The molecule has 1 N–H and O–H groups in total. The van der Waals surface area contributed by atoms with Crippen LogP contribution in [0.3, 0.4) is 0 Å². The van der Waals surface area contributed by atoms with Crippen molar-refractivity contribution in [2.75, 3.05) is 11.5 Å². The van der Waals surface area contributed by atoms with Gasteiger partial charge in [0.05, 0.1) is 0 Å². The summed E-state index contributed by atoms with van der Waals surface area (Å²) in [4.78, 5) is 0. The lowest BCUT2D eigenvalue weighted by molar-refractivity contribution is 0.0481. The zero-order chi connectivity index (χ0) is 18.8. The van der Waals surface area contributed by atoms with E-state index < -0.39 is 37.7 Å². The first kappa shape index (κ1) is 20.8. The molecule has 1 aromatic carbocycles. The summed E-state index contributed by atoms with van der Waals surface area (Å²) >= 11 is 0. The molecule has 0 amide bonds. The molecule has 138 valence electrons. The molecule has 6 nitrogen and oxygen atoms in total. The van der Waals surface area contributed by atoms with Crippen molar-refractivity contribution in [1.29, 1.82) is 0 Å². The minimum Gasteiger partial charge on any atom is -0.382 e. The van der Waals surface area contributed by atoms with E-state index in [1.807, 2.05) is 20.8 Å². The van der Waals surface area contributed by atoms with Crippen LogP contribution in [0.4, 0.5) is 8.78 Å². The van der Waals surface area contributed by atoms with Crippen molar-refractivity contribution < 1.29 is 34.4 Å². The van der Waals surface area contributed by atoms with Gasteiger partial charge >= 0.3 is 10.1 Å². The lowest BCUT2D eigenvalue weighted by Gasteiger charge is -2.23. The van der Waals surface area contributed by atoms with Crippen molar-refractivity contribution in [2.24, 2.45) is 0 Å². The molecule has 0 spiro atoms. The summed E-state index contributed by atoms with van der Waals surface area (Å²) < 4.78 is 84.1. The highest BCUT2D eigenvalue weighted by molar-refractivity contribution is 7.87. The Kier molecular flexibility index (Phi) is 6.00. The normalized spacial score (nSPS) is 13.8. The van der Waals surface area contributed by atoms with Crippen LogP contribution in [-0.4, -0.2) is 38.8 Å². The molecule has 0 aliphatic rings. The molecule has 24 heavy (non-hydrogen) atoms. The fourth-order valence-electron chi connectivity index (χ4n) is 1.91. The first-order valence-corrected chi connectivity index (χ1v) is 10.2. The van der Waals surface area contributed by atoms with E-state index in [1.165, 1.54) is 12.1 Å². The molecule has 1 aromatic rings. The summed E-state index contributed by atoms with van der Waals surface area (Å²) in [6.45, 7) is 5.98. The van der Waals surface area contributed by atoms with E-state index >= 15 is 0 Å². The quantitative estimate of drug-likeness (QED) is 0.545. The Morgan fingerprint density at radius 3 is 1.96 bits per heavy atom. The first-order chi connectivity index (χ1) is 10.7. The van der Waals surface area contributed by atoms with Gasteiger partial charge in [0.2, 0.25) is 0 Å². The zero-order valence-electron chi connectivity index (χ0n) is 13.5. The van der Waals surface area contributed by atoms with Gasteiger partial charge in [0, 0.05) is 0 Å². The second-order valence-electron chi connectivity index (χ2n) is 6.13. The van der Waals surface area contributed by atoms with Crippen LogP contribution in [0, 0.1) is 0 Å². The molecule has 0 radical (unpaired) electrons. The van der Waals surface area contributed by atoms with E-state index in [-0.39, 0.29) is 11.2 Å². The molecule has 0 saturated heterocycles. The smallest absolute Gasteiger partial charge is 0.315 e. The topological polar surface area (TPSA) is 97.7 Å². The van der Waals surface area contributed by atoms with Crippen LogP contribution in [0.5, 0.6) is 5.75 Å². The molecule has 0 aromatic heterocycles. The maximum atomic E-state index is 13.4. The predicted octanol–water partition coefficient (Wildman–Crippen LogP) is 2.61. The first-order valence-electron chi connectivity index (χ1n) is 7.01. The van der Waals surface area contributed by atoms with Crippen LogP contribution in [0.1, 0.15) is 32.8 Å². The fraction of sp³-hybridized carbons (Fsp3) is 0.571. The minimum absolute atomic E-state index is 0.139.